The Labute approximate surface area is 122 Å². The molecule has 20 heavy (non-hydrogen) atoms. The van der Waals surface area contributed by atoms with Crippen molar-refractivity contribution in [3.05, 3.63) is 0 Å². The summed E-state index contributed by atoms with van der Waals surface area (Å²) in [6.07, 6.45) is 7.80. The third-order valence-corrected chi connectivity index (χ3v) is 5.33. The highest BCUT2D eigenvalue weighted by Gasteiger charge is 2.34. The first-order valence-corrected chi connectivity index (χ1v) is 8.29. The summed E-state index contributed by atoms with van der Waals surface area (Å²) < 4.78 is 0. The Morgan fingerprint density at radius 3 is 2.60 bits per heavy atom. The van der Waals surface area contributed by atoms with Crippen molar-refractivity contribution in [2.75, 3.05) is 19.6 Å². The topological polar surface area (TPSA) is 52.6 Å². The number of carboxylic acid groups (broad SMARTS) is 1. The van der Waals surface area contributed by atoms with Gasteiger partial charge < -0.3 is 10.4 Å². The van der Waals surface area contributed by atoms with E-state index in [4.69, 9.17) is 5.11 Å². The number of nitrogens with one attached hydrogen (secondary N) is 1. The molecule has 0 radical (unpaired) electrons. The summed E-state index contributed by atoms with van der Waals surface area (Å²) in [6, 6.07) is 1.08. The van der Waals surface area contributed by atoms with Crippen LogP contribution in [-0.4, -0.2) is 47.7 Å². The average Bonchev–Trinajstić information content (AvgIpc) is 2.37. The number of likely N-dealkylation sites (N-methyl/N-ethyl adjacent to an activating group) is 1. The van der Waals surface area contributed by atoms with Crippen molar-refractivity contribution in [1.82, 2.24) is 10.2 Å². The number of aliphatic carboxylic acids is 1. The Bertz CT molecular complexity index is 316. The molecule has 0 aromatic rings. The van der Waals surface area contributed by atoms with Gasteiger partial charge in [-0.1, -0.05) is 33.1 Å². The van der Waals surface area contributed by atoms with E-state index in [0.717, 1.165) is 37.8 Å². The standard InChI is InChI=1S/C16H30N2O2/c1-3-18(11-16(19)20)15-8-14(9-15)17-10-13-7-5-4-6-12(13)2/h12-15,17H,3-11H2,1-2H3,(H,19,20). The van der Waals surface area contributed by atoms with Crippen molar-refractivity contribution >= 4 is 5.97 Å². The lowest BCUT2D eigenvalue weighted by Crippen LogP contribution is -2.54. The summed E-state index contributed by atoms with van der Waals surface area (Å²) in [7, 11) is 0. The fourth-order valence-corrected chi connectivity index (χ4v) is 3.74. The zero-order valence-corrected chi connectivity index (χ0v) is 13.0. The van der Waals surface area contributed by atoms with Crippen molar-refractivity contribution in [3.8, 4) is 0 Å². The lowest BCUT2D eigenvalue weighted by atomic mass is 9.79. The molecule has 4 heteroatoms. The molecular weight excluding hydrogens is 252 g/mol. The zero-order chi connectivity index (χ0) is 14.5. The molecule has 2 fully saturated rings. The number of carbonyl (C=O) groups is 1. The molecule has 2 aliphatic rings. The van der Waals surface area contributed by atoms with Gasteiger partial charge in [0.1, 0.15) is 0 Å². The van der Waals surface area contributed by atoms with E-state index in [9.17, 15) is 4.79 Å². The van der Waals surface area contributed by atoms with Gasteiger partial charge in [-0.2, -0.15) is 0 Å². The summed E-state index contributed by atoms with van der Waals surface area (Å²) in [5.74, 6) is 1.01. The minimum atomic E-state index is -0.709. The smallest absolute Gasteiger partial charge is 0.317 e. The summed E-state index contributed by atoms with van der Waals surface area (Å²) in [5, 5.41) is 12.6. The van der Waals surface area contributed by atoms with E-state index in [1.54, 1.807) is 0 Å². The molecule has 0 bridgehead atoms. The maximum atomic E-state index is 10.8. The van der Waals surface area contributed by atoms with E-state index in [1.807, 2.05) is 6.92 Å². The summed E-state index contributed by atoms with van der Waals surface area (Å²) in [6.45, 7) is 6.62. The van der Waals surface area contributed by atoms with E-state index in [-0.39, 0.29) is 6.54 Å². The fraction of sp³-hybridized carbons (Fsp3) is 0.938. The van der Waals surface area contributed by atoms with Gasteiger partial charge in [-0.05, 0) is 44.2 Å². The number of hydrogen-bond acceptors (Lipinski definition) is 3. The Kier molecular flexibility index (Phi) is 5.85. The molecule has 0 spiro atoms. The van der Waals surface area contributed by atoms with E-state index >= 15 is 0 Å². The summed E-state index contributed by atoms with van der Waals surface area (Å²) in [4.78, 5) is 12.9. The van der Waals surface area contributed by atoms with Crippen molar-refractivity contribution in [2.45, 2.75) is 64.5 Å². The van der Waals surface area contributed by atoms with Gasteiger partial charge in [0.15, 0.2) is 0 Å². The maximum Gasteiger partial charge on any atom is 0.317 e. The van der Waals surface area contributed by atoms with Crippen LogP contribution in [0.1, 0.15) is 52.4 Å². The number of nitrogens with zero attached hydrogens (tertiary/aromatic N) is 1. The molecule has 2 aliphatic carbocycles. The van der Waals surface area contributed by atoms with Crippen molar-refractivity contribution < 1.29 is 9.90 Å². The van der Waals surface area contributed by atoms with Gasteiger partial charge in [-0.3, -0.25) is 9.69 Å². The predicted octanol–water partition coefficient (Wildman–Crippen LogP) is 2.34. The Hall–Kier alpha value is -0.610. The van der Waals surface area contributed by atoms with Crippen LogP contribution in [0, 0.1) is 11.8 Å². The third kappa shape index (κ3) is 4.19. The summed E-state index contributed by atoms with van der Waals surface area (Å²) in [5.41, 5.74) is 0. The molecule has 2 N–H and O–H groups in total. The monoisotopic (exact) mass is 282 g/mol. The van der Waals surface area contributed by atoms with Crippen LogP contribution in [-0.2, 0) is 4.79 Å². The van der Waals surface area contributed by atoms with Gasteiger partial charge in [0.2, 0.25) is 0 Å². The van der Waals surface area contributed by atoms with Gasteiger partial charge in [-0.15, -0.1) is 0 Å². The predicted molar refractivity (Wildman–Crippen MR) is 80.8 cm³/mol. The first-order valence-electron chi connectivity index (χ1n) is 8.29. The van der Waals surface area contributed by atoms with Crippen LogP contribution in [0.2, 0.25) is 0 Å². The molecule has 116 valence electrons. The SMILES string of the molecule is CCN(CC(=O)O)C1CC(NCC2CCCCC2C)C1. The van der Waals surface area contributed by atoms with Gasteiger partial charge in [0.05, 0.1) is 6.54 Å². The molecule has 4 nitrogen and oxygen atoms in total. The van der Waals surface area contributed by atoms with Crippen LogP contribution in [0.25, 0.3) is 0 Å². The van der Waals surface area contributed by atoms with E-state index in [0.29, 0.717) is 12.1 Å². The minimum absolute atomic E-state index is 0.188. The molecule has 2 atom stereocenters. The normalized spacial score (nSPS) is 34.0. The highest BCUT2D eigenvalue weighted by Crippen LogP contribution is 2.30. The lowest BCUT2D eigenvalue weighted by molar-refractivity contribution is -0.139. The highest BCUT2D eigenvalue weighted by molar-refractivity contribution is 5.69. The second-order valence-electron chi connectivity index (χ2n) is 6.71. The molecule has 0 heterocycles. The van der Waals surface area contributed by atoms with Crippen LogP contribution < -0.4 is 5.32 Å². The number of carboxylic acids is 1. The number of hydrogen-bond donors (Lipinski definition) is 2. The fourth-order valence-electron chi connectivity index (χ4n) is 3.74. The molecular formula is C16H30N2O2. The van der Waals surface area contributed by atoms with Crippen LogP contribution in [0.15, 0.2) is 0 Å². The van der Waals surface area contributed by atoms with Crippen LogP contribution in [0.4, 0.5) is 0 Å². The molecule has 2 saturated carbocycles. The van der Waals surface area contributed by atoms with Gasteiger partial charge >= 0.3 is 5.97 Å². The minimum Gasteiger partial charge on any atom is -0.480 e. The molecule has 0 aliphatic heterocycles. The lowest BCUT2D eigenvalue weighted by Gasteiger charge is -2.43. The molecule has 2 rings (SSSR count). The third-order valence-electron chi connectivity index (χ3n) is 5.33. The maximum absolute atomic E-state index is 10.8. The summed E-state index contributed by atoms with van der Waals surface area (Å²) >= 11 is 0. The van der Waals surface area contributed by atoms with Gasteiger partial charge in [0.25, 0.3) is 0 Å². The number of rotatable bonds is 7. The van der Waals surface area contributed by atoms with Gasteiger partial charge in [0, 0.05) is 12.1 Å². The average molecular weight is 282 g/mol. The first kappa shape index (κ1) is 15.8. The Morgan fingerprint density at radius 1 is 1.30 bits per heavy atom. The van der Waals surface area contributed by atoms with Crippen LogP contribution in [0.3, 0.4) is 0 Å². The van der Waals surface area contributed by atoms with E-state index < -0.39 is 5.97 Å². The molecule has 0 aromatic heterocycles. The second-order valence-corrected chi connectivity index (χ2v) is 6.71. The Morgan fingerprint density at radius 2 is 2.00 bits per heavy atom. The van der Waals surface area contributed by atoms with Crippen LogP contribution in [0.5, 0.6) is 0 Å². The molecule has 0 saturated heterocycles. The zero-order valence-electron chi connectivity index (χ0n) is 13.0. The quantitative estimate of drug-likeness (QED) is 0.752. The first-order chi connectivity index (χ1) is 9.60. The van der Waals surface area contributed by atoms with E-state index in [2.05, 4.69) is 17.1 Å². The molecule has 0 aromatic carbocycles. The largest absolute Gasteiger partial charge is 0.480 e. The van der Waals surface area contributed by atoms with Crippen molar-refractivity contribution in [3.63, 3.8) is 0 Å². The molecule has 0 amide bonds. The highest BCUT2D eigenvalue weighted by atomic mass is 16.4. The van der Waals surface area contributed by atoms with Gasteiger partial charge in [-0.25, -0.2) is 0 Å². The molecule has 2 unspecified atom stereocenters. The Balaban J connectivity index is 1.64. The van der Waals surface area contributed by atoms with Crippen molar-refractivity contribution in [1.29, 1.82) is 0 Å². The van der Waals surface area contributed by atoms with E-state index in [1.165, 1.54) is 25.7 Å². The van der Waals surface area contributed by atoms with Crippen LogP contribution >= 0.6 is 0 Å². The second kappa shape index (κ2) is 7.41. The van der Waals surface area contributed by atoms with Crippen molar-refractivity contribution in [2.24, 2.45) is 11.8 Å².